The van der Waals surface area contributed by atoms with E-state index in [-0.39, 0.29) is 0 Å². The summed E-state index contributed by atoms with van der Waals surface area (Å²) in [5, 5.41) is 8.68. The highest BCUT2D eigenvalue weighted by molar-refractivity contribution is 5.66. The summed E-state index contributed by atoms with van der Waals surface area (Å²) in [7, 11) is 4.45. The molecule has 3 nitrogen and oxygen atoms in total. The average molecular weight is 508 g/mol. The number of carbonyl (C=O) groups is 1. The standard InChI is InChI=1S/C33H65NO2/c1-4-5-6-7-8-12-17-22-30(27-28-34(2)3)23-18-13-9-10-14-19-24-31-29-32(31)25-20-15-11-16-21-26-33(35)36/h30-32H,4-29H2,1-3H3,(H,35,36). The van der Waals surface area contributed by atoms with E-state index in [1.165, 1.54) is 148 Å². The summed E-state index contributed by atoms with van der Waals surface area (Å²) in [6.45, 7) is 3.57. The van der Waals surface area contributed by atoms with Crippen LogP contribution >= 0.6 is 0 Å². The Morgan fingerprint density at radius 2 is 1.11 bits per heavy atom. The molecule has 1 aliphatic carbocycles. The SMILES string of the molecule is CCCCCCCCCC(CCCCCCCCC1CC1CCCCCCCC(=O)O)CCN(C)C. The summed E-state index contributed by atoms with van der Waals surface area (Å²) in [6, 6.07) is 0. The van der Waals surface area contributed by atoms with Crippen molar-refractivity contribution in [2.24, 2.45) is 17.8 Å². The Morgan fingerprint density at radius 3 is 1.58 bits per heavy atom. The van der Waals surface area contributed by atoms with Crippen molar-refractivity contribution in [3.8, 4) is 0 Å². The molecule has 0 saturated heterocycles. The van der Waals surface area contributed by atoms with E-state index in [2.05, 4.69) is 25.9 Å². The zero-order chi connectivity index (χ0) is 26.3. The van der Waals surface area contributed by atoms with Crippen LogP contribution in [0.1, 0.15) is 167 Å². The molecule has 1 N–H and O–H groups in total. The zero-order valence-corrected chi connectivity index (χ0v) is 24.9. The second kappa shape index (κ2) is 23.5. The second-order valence-electron chi connectivity index (χ2n) is 12.5. The molecular weight excluding hydrogens is 442 g/mol. The Kier molecular flexibility index (Phi) is 21.9. The number of unbranched alkanes of at least 4 members (excludes halogenated alkanes) is 15. The van der Waals surface area contributed by atoms with Crippen LogP contribution in [0.3, 0.4) is 0 Å². The molecule has 0 heterocycles. The van der Waals surface area contributed by atoms with Gasteiger partial charge in [-0.3, -0.25) is 4.79 Å². The van der Waals surface area contributed by atoms with Crippen molar-refractivity contribution < 1.29 is 9.90 Å². The maximum Gasteiger partial charge on any atom is 0.303 e. The molecular formula is C33H65NO2. The van der Waals surface area contributed by atoms with E-state index in [1.807, 2.05) is 0 Å². The van der Waals surface area contributed by atoms with Crippen molar-refractivity contribution >= 4 is 5.97 Å². The quantitative estimate of drug-likeness (QED) is 0.107. The normalized spacial score (nSPS) is 18.1. The molecule has 1 fully saturated rings. The number of rotatable bonds is 28. The van der Waals surface area contributed by atoms with Gasteiger partial charge in [-0.05, 0) is 57.7 Å². The Labute approximate surface area is 226 Å². The first kappa shape index (κ1) is 33.5. The van der Waals surface area contributed by atoms with E-state index >= 15 is 0 Å². The fraction of sp³-hybridized carbons (Fsp3) is 0.970. The molecule has 0 bridgehead atoms. The molecule has 0 radical (unpaired) electrons. The van der Waals surface area contributed by atoms with Crippen LogP contribution in [-0.4, -0.2) is 36.6 Å². The van der Waals surface area contributed by atoms with Crippen LogP contribution in [0.25, 0.3) is 0 Å². The molecule has 0 aromatic heterocycles. The van der Waals surface area contributed by atoms with E-state index in [0.717, 1.165) is 30.6 Å². The fourth-order valence-electron chi connectivity index (χ4n) is 6.04. The fourth-order valence-corrected chi connectivity index (χ4v) is 6.04. The van der Waals surface area contributed by atoms with Crippen molar-refractivity contribution in [3.63, 3.8) is 0 Å². The van der Waals surface area contributed by atoms with Gasteiger partial charge in [-0.25, -0.2) is 0 Å². The number of aliphatic carboxylic acids is 1. The molecule has 0 aliphatic heterocycles. The van der Waals surface area contributed by atoms with Gasteiger partial charge in [0.15, 0.2) is 0 Å². The maximum atomic E-state index is 10.5. The van der Waals surface area contributed by atoms with Crippen LogP contribution < -0.4 is 0 Å². The highest BCUT2D eigenvalue weighted by Gasteiger charge is 2.34. The van der Waals surface area contributed by atoms with E-state index in [0.29, 0.717) is 6.42 Å². The lowest BCUT2D eigenvalue weighted by Gasteiger charge is -2.19. The first-order valence-electron chi connectivity index (χ1n) is 16.4. The molecule has 1 rings (SSSR count). The van der Waals surface area contributed by atoms with Gasteiger partial charge in [0.05, 0.1) is 0 Å². The molecule has 3 heteroatoms. The minimum absolute atomic E-state index is 0.349. The summed E-state index contributed by atoms with van der Waals surface area (Å²) in [4.78, 5) is 12.9. The number of carboxylic acid groups (broad SMARTS) is 1. The number of hydrogen-bond acceptors (Lipinski definition) is 2. The van der Waals surface area contributed by atoms with E-state index < -0.39 is 5.97 Å². The van der Waals surface area contributed by atoms with Crippen molar-refractivity contribution in [2.45, 2.75) is 167 Å². The molecule has 1 aliphatic rings. The van der Waals surface area contributed by atoms with E-state index in [9.17, 15) is 4.79 Å². The Balaban J connectivity index is 1.92. The van der Waals surface area contributed by atoms with Gasteiger partial charge in [-0.1, -0.05) is 142 Å². The van der Waals surface area contributed by atoms with Crippen LogP contribution in [0.4, 0.5) is 0 Å². The molecule has 0 amide bonds. The zero-order valence-electron chi connectivity index (χ0n) is 24.9. The van der Waals surface area contributed by atoms with Gasteiger partial charge in [0, 0.05) is 6.42 Å². The predicted molar refractivity (Wildman–Crippen MR) is 158 cm³/mol. The molecule has 1 saturated carbocycles. The second-order valence-corrected chi connectivity index (χ2v) is 12.5. The van der Waals surface area contributed by atoms with Crippen molar-refractivity contribution in [1.29, 1.82) is 0 Å². The summed E-state index contributed by atoms with van der Waals surface area (Å²) < 4.78 is 0. The summed E-state index contributed by atoms with van der Waals surface area (Å²) in [5.41, 5.74) is 0. The molecule has 3 atom stereocenters. The van der Waals surface area contributed by atoms with Gasteiger partial charge >= 0.3 is 5.97 Å². The van der Waals surface area contributed by atoms with E-state index in [4.69, 9.17) is 5.11 Å². The van der Waals surface area contributed by atoms with Crippen LogP contribution in [0.2, 0.25) is 0 Å². The first-order valence-corrected chi connectivity index (χ1v) is 16.4. The van der Waals surface area contributed by atoms with Crippen LogP contribution in [0.15, 0.2) is 0 Å². The van der Waals surface area contributed by atoms with Crippen LogP contribution in [0, 0.1) is 17.8 Å². The van der Waals surface area contributed by atoms with Crippen LogP contribution in [0.5, 0.6) is 0 Å². The third kappa shape index (κ3) is 21.5. The van der Waals surface area contributed by atoms with Gasteiger partial charge in [-0.2, -0.15) is 0 Å². The topological polar surface area (TPSA) is 40.5 Å². The van der Waals surface area contributed by atoms with Gasteiger partial charge < -0.3 is 10.0 Å². The largest absolute Gasteiger partial charge is 0.481 e. The van der Waals surface area contributed by atoms with Crippen LogP contribution in [-0.2, 0) is 4.79 Å². The molecule has 0 spiro atoms. The van der Waals surface area contributed by atoms with Crippen molar-refractivity contribution in [3.05, 3.63) is 0 Å². The average Bonchev–Trinajstić information content (AvgIpc) is 3.60. The van der Waals surface area contributed by atoms with Gasteiger partial charge in [0.1, 0.15) is 0 Å². The Morgan fingerprint density at radius 1 is 0.667 bits per heavy atom. The van der Waals surface area contributed by atoms with Gasteiger partial charge in [0.25, 0.3) is 0 Å². The first-order chi connectivity index (χ1) is 17.5. The van der Waals surface area contributed by atoms with Crippen molar-refractivity contribution in [1.82, 2.24) is 4.90 Å². The molecule has 214 valence electrons. The number of nitrogens with zero attached hydrogens (tertiary/aromatic N) is 1. The van der Waals surface area contributed by atoms with Crippen molar-refractivity contribution in [2.75, 3.05) is 20.6 Å². The smallest absolute Gasteiger partial charge is 0.303 e. The lowest BCUT2D eigenvalue weighted by molar-refractivity contribution is -0.137. The third-order valence-electron chi connectivity index (χ3n) is 8.67. The Bertz CT molecular complexity index is 492. The molecule has 36 heavy (non-hydrogen) atoms. The third-order valence-corrected chi connectivity index (χ3v) is 8.67. The molecule has 0 aromatic rings. The Hall–Kier alpha value is -0.570. The van der Waals surface area contributed by atoms with Gasteiger partial charge in [-0.15, -0.1) is 0 Å². The highest BCUT2D eigenvalue weighted by Crippen LogP contribution is 2.45. The maximum absolute atomic E-state index is 10.5. The number of hydrogen-bond donors (Lipinski definition) is 1. The highest BCUT2D eigenvalue weighted by atomic mass is 16.4. The lowest BCUT2D eigenvalue weighted by Crippen LogP contribution is -2.17. The minimum atomic E-state index is -0.644. The minimum Gasteiger partial charge on any atom is -0.481 e. The summed E-state index contributed by atoms with van der Waals surface area (Å²) in [6.07, 6.45) is 33.7. The summed E-state index contributed by atoms with van der Waals surface area (Å²) >= 11 is 0. The number of carboxylic acids is 1. The monoisotopic (exact) mass is 508 g/mol. The molecule has 3 unspecified atom stereocenters. The summed E-state index contributed by atoms with van der Waals surface area (Å²) in [5.74, 6) is 2.38. The van der Waals surface area contributed by atoms with Gasteiger partial charge in [0.2, 0.25) is 0 Å². The van der Waals surface area contributed by atoms with E-state index in [1.54, 1.807) is 0 Å². The lowest BCUT2D eigenvalue weighted by atomic mass is 9.91. The predicted octanol–water partition coefficient (Wildman–Crippen LogP) is 10.3. The molecule has 0 aromatic carbocycles.